The van der Waals surface area contributed by atoms with Gasteiger partial charge in [-0.1, -0.05) is 13.8 Å². The van der Waals surface area contributed by atoms with Gasteiger partial charge < -0.3 is 15.4 Å². The molecule has 0 aliphatic rings. The van der Waals surface area contributed by atoms with Crippen LogP contribution in [0, 0.1) is 0 Å². The first-order valence-electron chi connectivity index (χ1n) is 5.36. The summed E-state index contributed by atoms with van der Waals surface area (Å²) in [6, 6.07) is 0. The van der Waals surface area contributed by atoms with Crippen LogP contribution < -0.4 is 10.6 Å². The summed E-state index contributed by atoms with van der Waals surface area (Å²) in [5.74, 6) is -0.0256. The third-order valence-electron chi connectivity index (χ3n) is 1.66. The minimum Gasteiger partial charge on any atom is -0.370 e. The lowest BCUT2D eigenvalue weighted by Gasteiger charge is -2.05. The summed E-state index contributed by atoms with van der Waals surface area (Å²) in [7, 11) is 0. The second-order valence-electron chi connectivity index (χ2n) is 3.15. The van der Waals surface area contributed by atoms with Crippen molar-refractivity contribution in [1.29, 1.82) is 0 Å². The predicted molar refractivity (Wildman–Crippen MR) is 57.3 cm³/mol. The summed E-state index contributed by atoms with van der Waals surface area (Å²) in [6.07, 6.45) is 2.08. The zero-order chi connectivity index (χ0) is 10.6. The minimum atomic E-state index is -0.0256. The molecule has 0 rings (SSSR count). The fraction of sp³-hybridized carbons (Fsp3) is 0.900. The Hall–Kier alpha value is -0.610. The lowest BCUT2D eigenvalue weighted by molar-refractivity contribution is -0.125. The normalized spacial score (nSPS) is 10.1. The van der Waals surface area contributed by atoms with Gasteiger partial charge in [0.25, 0.3) is 0 Å². The molecule has 0 radical (unpaired) electrons. The molecule has 0 bridgehead atoms. The van der Waals surface area contributed by atoms with E-state index in [1.807, 2.05) is 6.92 Å². The van der Waals surface area contributed by atoms with E-state index >= 15 is 0 Å². The van der Waals surface area contributed by atoms with E-state index in [0.29, 0.717) is 6.61 Å². The fourth-order valence-corrected chi connectivity index (χ4v) is 0.926. The third-order valence-corrected chi connectivity index (χ3v) is 1.66. The highest BCUT2D eigenvalue weighted by atomic mass is 16.5. The van der Waals surface area contributed by atoms with Crippen molar-refractivity contribution in [3.05, 3.63) is 0 Å². The highest BCUT2D eigenvalue weighted by molar-refractivity contribution is 5.77. The number of hydrogen-bond acceptors (Lipinski definition) is 3. The van der Waals surface area contributed by atoms with Crippen molar-refractivity contribution in [2.45, 2.75) is 26.7 Å². The van der Waals surface area contributed by atoms with E-state index in [0.717, 1.165) is 32.5 Å². The van der Waals surface area contributed by atoms with Crippen molar-refractivity contribution in [1.82, 2.24) is 10.6 Å². The first kappa shape index (κ1) is 13.4. The largest absolute Gasteiger partial charge is 0.370 e. The Kier molecular flexibility index (Phi) is 10.0. The molecule has 0 heterocycles. The van der Waals surface area contributed by atoms with Gasteiger partial charge in [0.1, 0.15) is 6.61 Å². The number of ether oxygens (including phenoxy) is 1. The Labute approximate surface area is 86.4 Å². The molecule has 84 valence electrons. The molecule has 4 nitrogen and oxygen atoms in total. The maximum absolute atomic E-state index is 11.0. The Morgan fingerprint density at radius 1 is 1.14 bits per heavy atom. The quantitative estimate of drug-likeness (QED) is 0.536. The Morgan fingerprint density at radius 2 is 1.86 bits per heavy atom. The van der Waals surface area contributed by atoms with Crippen LogP contribution in [-0.2, 0) is 9.53 Å². The summed E-state index contributed by atoms with van der Waals surface area (Å²) < 4.78 is 5.16. The van der Waals surface area contributed by atoms with Crippen molar-refractivity contribution in [2.75, 3.05) is 32.8 Å². The van der Waals surface area contributed by atoms with Gasteiger partial charge in [0, 0.05) is 13.1 Å². The summed E-state index contributed by atoms with van der Waals surface area (Å²) in [6.45, 7) is 7.46. The molecular weight excluding hydrogens is 180 g/mol. The van der Waals surface area contributed by atoms with Crippen molar-refractivity contribution < 1.29 is 9.53 Å². The second-order valence-corrected chi connectivity index (χ2v) is 3.15. The van der Waals surface area contributed by atoms with Crippen LogP contribution in [0.1, 0.15) is 26.7 Å². The van der Waals surface area contributed by atoms with Gasteiger partial charge in [-0.2, -0.15) is 0 Å². The number of hydrogen-bond donors (Lipinski definition) is 2. The smallest absolute Gasteiger partial charge is 0.245 e. The number of rotatable bonds is 9. The van der Waals surface area contributed by atoms with Crippen LogP contribution in [0.25, 0.3) is 0 Å². The van der Waals surface area contributed by atoms with Crippen LogP contribution in [0.5, 0.6) is 0 Å². The van der Waals surface area contributed by atoms with Gasteiger partial charge in [0.05, 0.1) is 6.61 Å². The molecule has 0 atom stereocenters. The Balaban J connectivity index is 3.07. The molecule has 14 heavy (non-hydrogen) atoms. The van der Waals surface area contributed by atoms with E-state index in [-0.39, 0.29) is 12.5 Å². The zero-order valence-electron chi connectivity index (χ0n) is 9.27. The molecule has 0 aromatic rings. The van der Waals surface area contributed by atoms with Gasteiger partial charge in [-0.15, -0.1) is 0 Å². The molecule has 0 saturated carbocycles. The van der Waals surface area contributed by atoms with Crippen molar-refractivity contribution in [3.8, 4) is 0 Å². The summed E-state index contributed by atoms with van der Waals surface area (Å²) in [5.41, 5.74) is 0. The summed E-state index contributed by atoms with van der Waals surface area (Å²) in [4.78, 5) is 11.0. The third kappa shape index (κ3) is 9.48. The first-order valence-corrected chi connectivity index (χ1v) is 5.36. The SMILES string of the molecule is CCCNCCOCC(=O)NCCC. The van der Waals surface area contributed by atoms with Crippen LogP contribution in [0.4, 0.5) is 0 Å². The molecule has 0 aromatic carbocycles. The van der Waals surface area contributed by atoms with E-state index in [2.05, 4.69) is 17.6 Å². The molecule has 0 fully saturated rings. The molecule has 0 aliphatic heterocycles. The van der Waals surface area contributed by atoms with Crippen LogP contribution in [0.3, 0.4) is 0 Å². The van der Waals surface area contributed by atoms with Gasteiger partial charge in [-0.05, 0) is 19.4 Å². The van der Waals surface area contributed by atoms with E-state index in [4.69, 9.17) is 4.74 Å². The molecule has 0 aromatic heterocycles. The number of carbonyl (C=O) groups is 1. The fourth-order valence-electron chi connectivity index (χ4n) is 0.926. The maximum atomic E-state index is 11.0. The summed E-state index contributed by atoms with van der Waals surface area (Å²) in [5, 5.41) is 5.95. The van der Waals surface area contributed by atoms with E-state index < -0.39 is 0 Å². The van der Waals surface area contributed by atoms with Crippen molar-refractivity contribution >= 4 is 5.91 Å². The monoisotopic (exact) mass is 202 g/mol. The lowest BCUT2D eigenvalue weighted by atomic mass is 10.4. The van der Waals surface area contributed by atoms with Gasteiger partial charge in [-0.25, -0.2) is 0 Å². The van der Waals surface area contributed by atoms with E-state index in [1.165, 1.54) is 0 Å². The molecule has 1 amide bonds. The topological polar surface area (TPSA) is 50.4 Å². The molecule has 0 saturated heterocycles. The zero-order valence-corrected chi connectivity index (χ0v) is 9.27. The van der Waals surface area contributed by atoms with Crippen molar-refractivity contribution in [2.24, 2.45) is 0 Å². The van der Waals surface area contributed by atoms with Gasteiger partial charge in [0.2, 0.25) is 5.91 Å². The highest BCUT2D eigenvalue weighted by Crippen LogP contribution is 1.77. The molecule has 0 unspecified atom stereocenters. The van der Waals surface area contributed by atoms with E-state index in [9.17, 15) is 4.79 Å². The summed E-state index contributed by atoms with van der Waals surface area (Å²) >= 11 is 0. The number of nitrogens with one attached hydrogen (secondary N) is 2. The Bertz CT molecular complexity index is 140. The van der Waals surface area contributed by atoms with Gasteiger partial charge in [-0.3, -0.25) is 4.79 Å². The minimum absolute atomic E-state index is 0.0256. The molecule has 4 heteroatoms. The second kappa shape index (κ2) is 10.5. The first-order chi connectivity index (χ1) is 6.81. The molecule has 0 spiro atoms. The molecule has 0 aliphatic carbocycles. The lowest BCUT2D eigenvalue weighted by Crippen LogP contribution is -2.29. The molecular formula is C10H22N2O2. The average molecular weight is 202 g/mol. The van der Waals surface area contributed by atoms with Crippen LogP contribution in [0.15, 0.2) is 0 Å². The van der Waals surface area contributed by atoms with Crippen molar-refractivity contribution in [3.63, 3.8) is 0 Å². The standard InChI is InChI=1S/C10H22N2O2/c1-3-5-11-7-8-14-9-10(13)12-6-4-2/h11H,3-9H2,1-2H3,(H,12,13). The average Bonchev–Trinajstić information content (AvgIpc) is 2.20. The number of carbonyl (C=O) groups excluding carboxylic acids is 1. The molecule has 2 N–H and O–H groups in total. The van der Waals surface area contributed by atoms with E-state index in [1.54, 1.807) is 0 Å². The van der Waals surface area contributed by atoms with Crippen LogP contribution in [0.2, 0.25) is 0 Å². The van der Waals surface area contributed by atoms with Crippen LogP contribution >= 0.6 is 0 Å². The highest BCUT2D eigenvalue weighted by Gasteiger charge is 1.98. The maximum Gasteiger partial charge on any atom is 0.245 e. The number of amides is 1. The van der Waals surface area contributed by atoms with Gasteiger partial charge >= 0.3 is 0 Å². The Morgan fingerprint density at radius 3 is 2.50 bits per heavy atom. The predicted octanol–water partition coefficient (Wildman–Crippen LogP) is 0.529. The van der Waals surface area contributed by atoms with Crippen LogP contribution in [-0.4, -0.2) is 38.8 Å². The van der Waals surface area contributed by atoms with Gasteiger partial charge in [0.15, 0.2) is 0 Å².